The zero-order valence-corrected chi connectivity index (χ0v) is 27.3. The van der Waals surface area contributed by atoms with E-state index in [1.165, 1.54) is 26.9 Å². The maximum absolute atomic E-state index is 14.1. The van der Waals surface area contributed by atoms with E-state index in [9.17, 15) is 19.6 Å². The van der Waals surface area contributed by atoms with Gasteiger partial charge in [-0.2, -0.15) is 0 Å². The highest BCUT2D eigenvalue weighted by Gasteiger charge is 2.41. The molecule has 0 aliphatic heterocycles. The number of ether oxygens (including phenoxy) is 1. The zero-order valence-electron chi connectivity index (χ0n) is 26.4. The van der Waals surface area contributed by atoms with E-state index >= 15 is 0 Å². The summed E-state index contributed by atoms with van der Waals surface area (Å²) in [7, 11) is -2.52. The molecule has 4 rings (SSSR count). The summed E-state index contributed by atoms with van der Waals surface area (Å²) < 4.78 is 25.7. The molecule has 0 bridgehead atoms. The fourth-order valence-corrected chi connectivity index (χ4v) is 7.66. The molecule has 2 aromatic carbocycles. The Morgan fingerprint density at radius 2 is 1.38 bits per heavy atom. The van der Waals surface area contributed by atoms with Gasteiger partial charge in [0, 0.05) is 7.11 Å². The number of carboxylic acids is 1. The molecule has 5 N–H and O–H groups in total. The predicted molar refractivity (Wildman–Crippen MR) is 167 cm³/mol. The van der Waals surface area contributed by atoms with Gasteiger partial charge in [-0.15, -0.1) is 0 Å². The van der Waals surface area contributed by atoms with Crippen LogP contribution in [0.2, 0.25) is 0 Å². The fraction of sp³-hybridized carbons (Fsp3) is 0.606. The number of benzene rings is 2. The van der Waals surface area contributed by atoms with E-state index in [-0.39, 0.29) is 30.0 Å². The molecular weight excluding hydrogens is 551 g/mol. The SMILES string of the molecule is COCP(=O)(NC(C)(N)C(=O)O)Oc1c(C(C)C)cc(-c2cc(C(C)C)c(O)c([C@H](C)C3CC3)c2)cc1[C@H](C)C1CC1. The standard InChI is InChI=1S/C33H49N2O6P/c1-18(2)26-13-24(15-28(30(26)36)20(5)22-9-10-22)25-14-27(19(3)4)31(29(16-25)21(6)23-11-12-23)41-42(39,17-40-8)35-33(7,34)32(37)38/h13-16,18-23,36H,9-12,17,34H2,1-8H3,(H,35,39)(H,37,38)/t20-,21-,33?,42?/m1/s1. The Labute approximate surface area is 250 Å². The summed E-state index contributed by atoms with van der Waals surface area (Å²) in [5, 5.41) is 23.5. The largest absolute Gasteiger partial charge is 0.507 e. The fourth-order valence-electron chi connectivity index (χ4n) is 5.85. The third kappa shape index (κ3) is 7.05. The average Bonchev–Trinajstić information content (AvgIpc) is 3.81. The van der Waals surface area contributed by atoms with Crippen LogP contribution in [0.15, 0.2) is 24.3 Å². The molecule has 0 spiro atoms. The van der Waals surface area contributed by atoms with Gasteiger partial charge < -0.3 is 25.2 Å². The highest BCUT2D eigenvalue weighted by Crippen LogP contribution is 2.54. The molecule has 2 fully saturated rings. The summed E-state index contributed by atoms with van der Waals surface area (Å²) >= 11 is 0. The van der Waals surface area contributed by atoms with Gasteiger partial charge in [-0.25, -0.2) is 9.88 Å². The molecule has 0 aromatic heterocycles. The van der Waals surface area contributed by atoms with Gasteiger partial charge in [-0.1, -0.05) is 41.5 Å². The van der Waals surface area contributed by atoms with Crippen molar-refractivity contribution in [1.29, 1.82) is 0 Å². The van der Waals surface area contributed by atoms with Crippen molar-refractivity contribution >= 4 is 13.5 Å². The van der Waals surface area contributed by atoms with Crippen LogP contribution < -0.4 is 15.3 Å². The molecule has 2 unspecified atom stereocenters. The Kier molecular flexibility index (Phi) is 9.54. The lowest BCUT2D eigenvalue weighted by molar-refractivity contribution is -0.143. The van der Waals surface area contributed by atoms with Crippen LogP contribution in [0.25, 0.3) is 11.1 Å². The monoisotopic (exact) mass is 600 g/mol. The summed E-state index contributed by atoms with van der Waals surface area (Å²) in [6.45, 7) is 14.0. The summed E-state index contributed by atoms with van der Waals surface area (Å²) in [5.41, 5.74) is 9.76. The molecule has 8 nitrogen and oxygen atoms in total. The number of methoxy groups -OCH3 is 1. The second-order valence-electron chi connectivity index (χ2n) is 13.4. The number of carbonyl (C=O) groups is 1. The number of phenols is 1. The maximum Gasteiger partial charge on any atom is 0.343 e. The van der Waals surface area contributed by atoms with Crippen molar-refractivity contribution in [2.24, 2.45) is 17.6 Å². The van der Waals surface area contributed by atoms with Crippen molar-refractivity contribution in [2.75, 3.05) is 13.5 Å². The topological polar surface area (TPSA) is 131 Å². The van der Waals surface area contributed by atoms with Gasteiger partial charge in [-0.05, 0) is 126 Å². The van der Waals surface area contributed by atoms with Gasteiger partial charge in [0.25, 0.3) is 0 Å². The summed E-state index contributed by atoms with van der Waals surface area (Å²) in [6, 6.07) is 8.45. The van der Waals surface area contributed by atoms with Gasteiger partial charge >= 0.3 is 13.5 Å². The summed E-state index contributed by atoms with van der Waals surface area (Å²) in [4.78, 5) is 11.8. The number of nitrogens with one attached hydrogen (secondary N) is 1. The minimum absolute atomic E-state index is 0.0105. The van der Waals surface area contributed by atoms with Crippen molar-refractivity contribution in [2.45, 2.75) is 103 Å². The Hall–Kier alpha value is -2.38. The zero-order chi connectivity index (χ0) is 31.1. The van der Waals surface area contributed by atoms with Crippen molar-refractivity contribution in [3.05, 3.63) is 46.5 Å². The third-order valence-corrected chi connectivity index (χ3v) is 10.8. The molecule has 42 heavy (non-hydrogen) atoms. The number of phenolic OH excluding ortho intramolecular Hbond substituents is 1. The number of hydrogen-bond donors (Lipinski definition) is 4. The molecule has 2 aliphatic rings. The van der Waals surface area contributed by atoms with E-state index in [1.54, 1.807) is 0 Å². The van der Waals surface area contributed by atoms with Crippen molar-refractivity contribution in [1.82, 2.24) is 5.09 Å². The van der Waals surface area contributed by atoms with Crippen molar-refractivity contribution in [3.8, 4) is 22.6 Å². The van der Waals surface area contributed by atoms with Crippen LogP contribution in [-0.2, 0) is 14.1 Å². The van der Waals surface area contributed by atoms with E-state index in [0.717, 1.165) is 46.2 Å². The lowest BCUT2D eigenvalue weighted by atomic mass is 9.84. The van der Waals surface area contributed by atoms with Gasteiger partial charge in [0.1, 0.15) is 17.8 Å². The molecule has 2 aromatic rings. The van der Waals surface area contributed by atoms with E-state index in [1.807, 2.05) is 0 Å². The minimum Gasteiger partial charge on any atom is -0.507 e. The van der Waals surface area contributed by atoms with Crippen LogP contribution in [0, 0.1) is 11.8 Å². The van der Waals surface area contributed by atoms with Gasteiger partial charge in [-0.3, -0.25) is 4.57 Å². The van der Waals surface area contributed by atoms with E-state index in [4.69, 9.17) is 15.0 Å². The lowest BCUT2D eigenvalue weighted by Crippen LogP contribution is -2.56. The Morgan fingerprint density at radius 1 is 0.929 bits per heavy atom. The number of aromatic hydroxyl groups is 1. The molecule has 0 saturated heterocycles. The highest BCUT2D eigenvalue weighted by molar-refractivity contribution is 7.57. The second kappa shape index (κ2) is 12.3. The average molecular weight is 601 g/mol. The Morgan fingerprint density at radius 3 is 1.83 bits per heavy atom. The van der Waals surface area contributed by atoms with Crippen LogP contribution >= 0.6 is 7.52 Å². The number of aliphatic carboxylic acids is 1. The second-order valence-corrected chi connectivity index (χ2v) is 15.4. The smallest absolute Gasteiger partial charge is 0.343 e. The van der Waals surface area contributed by atoms with Crippen LogP contribution in [0.3, 0.4) is 0 Å². The maximum atomic E-state index is 14.1. The Bertz CT molecular complexity index is 1360. The molecule has 4 atom stereocenters. The molecule has 232 valence electrons. The van der Waals surface area contributed by atoms with Crippen LogP contribution in [-0.4, -0.2) is 35.3 Å². The normalized spacial score (nSPS) is 19.8. The van der Waals surface area contributed by atoms with Gasteiger partial charge in [0.05, 0.1) is 0 Å². The first-order chi connectivity index (χ1) is 19.6. The number of rotatable bonds is 14. The quantitative estimate of drug-likeness (QED) is 0.127. The van der Waals surface area contributed by atoms with E-state index in [0.29, 0.717) is 23.3 Å². The molecule has 2 aliphatic carbocycles. The molecule has 9 heteroatoms. The van der Waals surface area contributed by atoms with Crippen molar-refractivity contribution in [3.63, 3.8) is 0 Å². The summed E-state index contributed by atoms with van der Waals surface area (Å²) in [6.07, 6.45) is 4.24. The van der Waals surface area contributed by atoms with E-state index < -0.39 is 19.2 Å². The number of hydrogen-bond acceptors (Lipinski definition) is 6. The first-order valence-corrected chi connectivity index (χ1v) is 17.0. The van der Waals surface area contributed by atoms with Crippen molar-refractivity contribution < 1.29 is 28.8 Å². The highest BCUT2D eigenvalue weighted by atomic mass is 31.2. The molecule has 0 heterocycles. The molecule has 0 amide bonds. The van der Waals surface area contributed by atoms with Crippen LogP contribution in [0.4, 0.5) is 0 Å². The number of nitrogens with two attached hydrogens (primary N) is 1. The molecular formula is C33H49N2O6P. The van der Waals surface area contributed by atoms with Gasteiger partial charge in [0.2, 0.25) is 0 Å². The molecule has 0 radical (unpaired) electrons. The van der Waals surface area contributed by atoms with Gasteiger partial charge in [0.15, 0.2) is 5.66 Å². The summed E-state index contributed by atoms with van der Waals surface area (Å²) in [5.74, 6) is 1.18. The Balaban J connectivity index is 1.91. The van der Waals surface area contributed by atoms with E-state index in [2.05, 4.69) is 70.9 Å². The van der Waals surface area contributed by atoms with Crippen LogP contribution in [0.5, 0.6) is 11.5 Å². The van der Waals surface area contributed by atoms with Crippen LogP contribution in [0.1, 0.15) is 120 Å². The minimum atomic E-state index is -3.91. The molecule has 2 saturated carbocycles. The third-order valence-electron chi connectivity index (χ3n) is 8.92. The lowest BCUT2D eigenvalue weighted by Gasteiger charge is -2.31. The predicted octanol–water partition coefficient (Wildman–Crippen LogP) is 7.86. The number of carboxylic acid groups (broad SMARTS) is 1. The first kappa shape index (κ1) is 32.5. The first-order valence-electron chi connectivity index (χ1n) is 15.2.